The van der Waals surface area contributed by atoms with Gasteiger partial charge in [-0.1, -0.05) is 13.8 Å². The van der Waals surface area contributed by atoms with Gasteiger partial charge in [0.05, 0.1) is 32.4 Å². The molecule has 0 saturated carbocycles. The topological polar surface area (TPSA) is 74.3 Å². The second-order valence-corrected chi connectivity index (χ2v) is 8.27. The van der Waals surface area contributed by atoms with Crippen LogP contribution in [0.3, 0.4) is 0 Å². The first kappa shape index (κ1) is 25.4. The highest BCUT2D eigenvalue weighted by Crippen LogP contribution is 2.39. The summed E-state index contributed by atoms with van der Waals surface area (Å²) in [5.41, 5.74) is 2.60. The van der Waals surface area contributed by atoms with E-state index >= 15 is 0 Å². The van der Waals surface area contributed by atoms with Crippen molar-refractivity contribution in [2.45, 2.75) is 46.1 Å². The van der Waals surface area contributed by atoms with E-state index in [1.165, 1.54) is 0 Å². The predicted molar refractivity (Wildman–Crippen MR) is 130 cm³/mol. The van der Waals surface area contributed by atoms with Gasteiger partial charge >= 0.3 is 5.97 Å². The smallest absolute Gasteiger partial charge is 0.338 e. The first-order valence-electron chi connectivity index (χ1n) is 11.9. The highest BCUT2D eigenvalue weighted by atomic mass is 16.5. The van der Waals surface area contributed by atoms with E-state index in [-0.39, 0.29) is 30.4 Å². The maximum absolute atomic E-state index is 13.4. The molecule has 0 aliphatic carbocycles. The highest BCUT2D eigenvalue weighted by Gasteiger charge is 2.35. The van der Waals surface area contributed by atoms with Crippen LogP contribution in [-0.2, 0) is 16.0 Å². The average molecular weight is 470 g/mol. The monoisotopic (exact) mass is 469 g/mol. The molecule has 0 unspecified atom stereocenters. The van der Waals surface area contributed by atoms with Gasteiger partial charge in [0, 0.05) is 12.5 Å². The van der Waals surface area contributed by atoms with Gasteiger partial charge in [0.25, 0.3) is 0 Å². The fourth-order valence-electron chi connectivity index (χ4n) is 4.42. The number of methoxy groups -OCH3 is 2. The number of amides is 1. The molecular weight excluding hydrogens is 434 g/mol. The average Bonchev–Trinajstić information content (AvgIpc) is 2.87. The van der Waals surface area contributed by atoms with Gasteiger partial charge in [0.1, 0.15) is 12.4 Å². The molecule has 0 aromatic heterocycles. The third-order valence-corrected chi connectivity index (χ3v) is 6.39. The summed E-state index contributed by atoms with van der Waals surface area (Å²) in [6, 6.07) is 10.6. The van der Waals surface area contributed by atoms with Crippen molar-refractivity contribution in [3.63, 3.8) is 0 Å². The zero-order chi connectivity index (χ0) is 24.7. The third kappa shape index (κ3) is 5.46. The van der Waals surface area contributed by atoms with Crippen LogP contribution in [0.2, 0.25) is 0 Å². The number of hydrogen-bond acceptors (Lipinski definition) is 6. The van der Waals surface area contributed by atoms with Gasteiger partial charge in [0.15, 0.2) is 11.5 Å². The summed E-state index contributed by atoms with van der Waals surface area (Å²) in [4.78, 5) is 27.3. The molecule has 0 fully saturated rings. The van der Waals surface area contributed by atoms with Crippen molar-refractivity contribution in [2.24, 2.45) is 5.92 Å². The summed E-state index contributed by atoms with van der Waals surface area (Å²) in [7, 11) is 3.23. The summed E-state index contributed by atoms with van der Waals surface area (Å²) < 4.78 is 22.2. The molecule has 3 rings (SSSR count). The summed E-state index contributed by atoms with van der Waals surface area (Å²) in [6.07, 6.45) is 2.34. The zero-order valence-corrected chi connectivity index (χ0v) is 20.8. The lowest BCUT2D eigenvalue weighted by Gasteiger charge is -2.39. The molecule has 2 aromatic rings. The van der Waals surface area contributed by atoms with Crippen LogP contribution >= 0.6 is 0 Å². The fourth-order valence-corrected chi connectivity index (χ4v) is 4.42. The van der Waals surface area contributed by atoms with Crippen LogP contribution in [-0.4, -0.2) is 50.8 Å². The standard InChI is InChI=1S/C27H35NO6/c1-6-18(7-2)26(29)28-14-13-20-15-24(31-4)25(32-5)16-22(20)23(28)17-34-21-11-9-19(10-12-21)27(30)33-8-3/h9-12,15-16,18,23H,6-8,13-14,17H2,1-5H3/t23-/m0/s1. The molecule has 34 heavy (non-hydrogen) atoms. The SMILES string of the molecule is CCOC(=O)c1ccc(OC[C@H]2c3cc(OC)c(OC)cc3CCN2C(=O)C(CC)CC)cc1. The largest absolute Gasteiger partial charge is 0.493 e. The van der Waals surface area contributed by atoms with Crippen LogP contribution < -0.4 is 14.2 Å². The number of hydrogen-bond donors (Lipinski definition) is 0. The van der Waals surface area contributed by atoms with Crippen LogP contribution in [0.5, 0.6) is 17.2 Å². The Morgan fingerprint density at radius 2 is 1.65 bits per heavy atom. The highest BCUT2D eigenvalue weighted by molar-refractivity contribution is 5.89. The van der Waals surface area contributed by atoms with Crippen molar-refractivity contribution in [3.8, 4) is 17.2 Å². The van der Waals surface area contributed by atoms with E-state index in [0.717, 1.165) is 30.4 Å². The first-order chi connectivity index (χ1) is 16.5. The summed E-state index contributed by atoms with van der Waals surface area (Å²) in [5.74, 6) is 1.69. The van der Waals surface area contributed by atoms with Crippen molar-refractivity contribution in [3.05, 3.63) is 53.1 Å². The predicted octanol–water partition coefficient (Wildman–Crippen LogP) is 4.82. The molecule has 2 aromatic carbocycles. The fraction of sp³-hybridized carbons (Fsp3) is 0.481. The number of carbonyl (C=O) groups is 2. The molecule has 1 atom stereocenters. The first-order valence-corrected chi connectivity index (χ1v) is 11.9. The van der Waals surface area contributed by atoms with Crippen LogP contribution in [0.15, 0.2) is 36.4 Å². The zero-order valence-electron chi connectivity index (χ0n) is 20.8. The number of ether oxygens (including phenoxy) is 4. The number of nitrogens with zero attached hydrogens (tertiary/aromatic N) is 1. The van der Waals surface area contributed by atoms with E-state index in [4.69, 9.17) is 18.9 Å². The lowest BCUT2D eigenvalue weighted by Crippen LogP contribution is -2.45. The van der Waals surface area contributed by atoms with E-state index < -0.39 is 0 Å². The van der Waals surface area contributed by atoms with Gasteiger partial charge in [-0.05, 0) is 73.7 Å². The van der Waals surface area contributed by atoms with E-state index in [2.05, 4.69) is 13.8 Å². The maximum atomic E-state index is 13.4. The van der Waals surface area contributed by atoms with E-state index in [1.807, 2.05) is 17.0 Å². The van der Waals surface area contributed by atoms with Gasteiger partial charge in [-0.25, -0.2) is 4.79 Å². The Morgan fingerprint density at radius 1 is 1.00 bits per heavy atom. The molecule has 7 nitrogen and oxygen atoms in total. The van der Waals surface area contributed by atoms with Crippen LogP contribution in [0.25, 0.3) is 0 Å². The van der Waals surface area contributed by atoms with Crippen molar-refractivity contribution < 1.29 is 28.5 Å². The normalized spacial score (nSPS) is 15.0. The minimum Gasteiger partial charge on any atom is -0.493 e. The Bertz CT molecular complexity index is 983. The number of carbonyl (C=O) groups excluding carboxylic acids is 2. The van der Waals surface area contributed by atoms with Crippen molar-refractivity contribution in [2.75, 3.05) is 34.0 Å². The van der Waals surface area contributed by atoms with Crippen LogP contribution in [0.1, 0.15) is 61.1 Å². The van der Waals surface area contributed by atoms with E-state index in [9.17, 15) is 9.59 Å². The van der Waals surface area contributed by atoms with Crippen LogP contribution in [0, 0.1) is 5.92 Å². The van der Waals surface area contributed by atoms with Gasteiger partial charge < -0.3 is 23.8 Å². The number of esters is 1. The molecular formula is C27H35NO6. The second kappa shape index (κ2) is 11.8. The Balaban J connectivity index is 1.89. The van der Waals surface area contributed by atoms with Gasteiger partial charge in [-0.2, -0.15) is 0 Å². The molecule has 0 saturated heterocycles. The lowest BCUT2D eigenvalue weighted by atomic mass is 9.90. The van der Waals surface area contributed by atoms with E-state index in [1.54, 1.807) is 45.4 Å². The molecule has 0 radical (unpaired) electrons. The van der Waals surface area contributed by atoms with Gasteiger partial charge in [-0.15, -0.1) is 0 Å². The number of rotatable bonds is 10. The molecule has 0 N–H and O–H groups in total. The van der Waals surface area contributed by atoms with Gasteiger partial charge in [-0.3, -0.25) is 4.79 Å². The maximum Gasteiger partial charge on any atom is 0.338 e. The minimum absolute atomic E-state index is 0.0203. The quantitative estimate of drug-likeness (QED) is 0.465. The minimum atomic E-state index is -0.363. The number of fused-ring (bicyclic) bond motifs is 1. The Morgan fingerprint density at radius 3 is 2.24 bits per heavy atom. The molecule has 0 bridgehead atoms. The Kier molecular flexibility index (Phi) is 8.79. The molecule has 1 aliphatic heterocycles. The van der Waals surface area contributed by atoms with Crippen molar-refractivity contribution >= 4 is 11.9 Å². The molecule has 184 valence electrons. The van der Waals surface area contributed by atoms with Crippen molar-refractivity contribution in [1.29, 1.82) is 0 Å². The molecule has 0 spiro atoms. The second-order valence-electron chi connectivity index (χ2n) is 8.27. The van der Waals surface area contributed by atoms with Gasteiger partial charge in [0.2, 0.25) is 5.91 Å². The summed E-state index contributed by atoms with van der Waals surface area (Å²) in [6.45, 7) is 7.10. The molecule has 1 aliphatic rings. The summed E-state index contributed by atoms with van der Waals surface area (Å²) >= 11 is 0. The third-order valence-electron chi connectivity index (χ3n) is 6.39. The van der Waals surface area contributed by atoms with Crippen LogP contribution in [0.4, 0.5) is 0 Å². The molecule has 1 amide bonds. The molecule has 7 heteroatoms. The summed E-state index contributed by atoms with van der Waals surface area (Å²) in [5, 5.41) is 0. The Labute approximate surface area is 201 Å². The lowest BCUT2D eigenvalue weighted by molar-refractivity contribution is -0.139. The Hall–Kier alpha value is -3.22. The van der Waals surface area contributed by atoms with E-state index in [0.29, 0.717) is 36.0 Å². The molecule has 1 heterocycles. The van der Waals surface area contributed by atoms with Crippen molar-refractivity contribution in [1.82, 2.24) is 4.90 Å². The number of benzene rings is 2.